The molecule has 3 amide bonds. The molecule has 5 rings (SSSR count). The molecular formula is C29H37N3O6. The summed E-state index contributed by atoms with van der Waals surface area (Å²) in [5.41, 5.74) is -1.73. The highest BCUT2D eigenvalue weighted by atomic mass is 16.5. The second-order valence-electron chi connectivity index (χ2n) is 10.7. The molecule has 2 fully saturated rings. The first-order valence-corrected chi connectivity index (χ1v) is 13.5. The van der Waals surface area contributed by atoms with Gasteiger partial charge in [-0.05, 0) is 44.0 Å². The van der Waals surface area contributed by atoms with Crippen molar-refractivity contribution >= 4 is 23.4 Å². The lowest BCUT2D eigenvalue weighted by Gasteiger charge is -2.40. The van der Waals surface area contributed by atoms with E-state index in [0.29, 0.717) is 30.9 Å². The number of benzene rings is 1. The van der Waals surface area contributed by atoms with E-state index < -0.39 is 35.1 Å². The number of likely N-dealkylation sites (tertiary alicyclic amines) is 1. The van der Waals surface area contributed by atoms with Gasteiger partial charge in [0.05, 0.1) is 37.2 Å². The molecule has 204 valence electrons. The molecular weight excluding hydrogens is 486 g/mol. The number of fused-ring (bicyclic) bond motifs is 2. The second kappa shape index (κ2) is 9.85. The van der Waals surface area contributed by atoms with Gasteiger partial charge in [0.15, 0.2) is 0 Å². The number of rotatable bonds is 7. The standard InChI is InChI=1S/C29H37N3O6/c1-5-15-30-16-7-13-28(3)22(25(30)34)23-26(35)32(19(6-2)18-33)24-27(36)31(17-8-14-29(23,24)38-28)20-9-11-21(37-4)12-10-20/h7-14,19,22-24,33H,5-6,15-18H2,1-4H3/t19-,22-,23-,24?,28+,29-/m0/s1. The van der Waals surface area contributed by atoms with Gasteiger partial charge in [0.1, 0.15) is 17.4 Å². The average Bonchev–Trinajstić information content (AvgIpc) is 3.19. The van der Waals surface area contributed by atoms with E-state index in [4.69, 9.17) is 9.47 Å². The number of amides is 3. The Kier molecular flexibility index (Phi) is 6.86. The van der Waals surface area contributed by atoms with E-state index in [1.54, 1.807) is 41.2 Å². The quantitative estimate of drug-likeness (QED) is 0.550. The van der Waals surface area contributed by atoms with Crippen molar-refractivity contribution in [2.75, 3.05) is 38.3 Å². The molecule has 0 bridgehead atoms. The van der Waals surface area contributed by atoms with Crippen LogP contribution in [0.25, 0.3) is 0 Å². The number of anilines is 1. The third-order valence-electron chi connectivity index (χ3n) is 8.53. The maximum atomic E-state index is 14.4. The van der Waals surface area contributed by atoms with Crippen LogP contribution in [-0.4, -0.2) is 89.3 Å². The van der Waals surface area contributed by atoms with Crippen molar-refractivity contribution in [3.63, 3.8) is 0 Å². The van der Waals surface area contributed by atoms with Crippen LogP contribution in [0.4, 0.5) is 5.69 Å². The molecule has 38 heavy (non-hydrogen) atoms. The predicted octanol–water partition coefficient (Wildman–Crippen LogP) is 2.15. The first kappa shape index (κ1) is 26.4. The van der Waals surface area contributed by atoms with Crippen molar-refractivity contribution in [1.29, 1.82) is 0 Å². The lowest BCUT2D eigenvalue weighted by molar-refractivity contribution is -0.151. The zero-order chi connectivity index (χ0) is 27.2. The summed E-state index contributed by atoms with van der Waals surface area (Å²) in [4.78, 5) is 47.6. The van der Waals surface area contributed by atoms with E-state index in [0.717, 1.165) is 6.42 Å². The molecule has 0 saturated carbocycles. The van der Waals surface area contributed by atoms with Crippen molar-refractivity contribution in [2.24, 2.45) is 11.8 Å². The maximum Gasteiger partial charge on any atom is 0.253 e. The fourth-order valence-corrected chi connectivity index (χ4v) is 6.78. The van der Waals surface area contributed by atoms with Crippen LogP contribution in [-0.2, 0) is 19.1 Å². The summed E-state index contributed by atoms with van der Waals surface area (Å²) in [6.45, 7) is 6.75. The molecule has 9 nitrogen and oxygen atoms in total. The lowest BCUT2D eigenvalue weighted by Crippen LogP contribution is -2.58. The van der Waals surface area contributed by atoms with Crippen LogP contribution < -0.4 is 9.64 Å². The fourth-order valence-electron chi connectivity index (χ4n) is 6.78. The normalized spacial score (nSPS) is 33.1. The molecule has 0 radical (unpaired) electrons. The Bertz CT molecular complexity index is 1160. The number of hydrogen-bond acceptors (Lipinski definition) is 6. The van der Waals surface area contributed by atoms with Gasteiger partial charge >= 0.3 is 0 Å². The van der Waals surface area contributed by atoms with Crippen LogP contribution in [0.3, 0.4) is 0 Å². The van der Waals surface area contributed by atoms with Crippen LogP contribution in [0, 0.1) is 11.8 Å². The van der Waals surface area contributed by atoms with Gasteiger partial charge in [-0.25, -0.2) is 0 Å². The highest BCUT2D eigenvalue weighted by Crippen LogP contribution is 2.58. The zero-order valence-corrected chi connectivity index (χ0v) is 22.5. The van der Waals surface area contributed by atoms with Crippen LogP contribution in [0.15, 0.2) is 48.6 Å². The fraction of sp³-hybridized carbons (Fsp3) is 0.552. The van der Waals surface area contributed by atoms with Gasteiger partial charge < -0.3 is 29.3 Å². The summed E-state index contributed by atoms with van der Waals surface area (Å²) in [7, 11) is 1.58. The molecule has 2 saturated heterocycles. The van der Waals surface area contributed by atoms with Gasteiger partial charge in [-0.1, -0.05) is 38.2 Å². The third kappa shape index (κ3) is 3.78. The van der Waals surface area contributed by atoms with Gasteiger partial charge in [-0.2, -0.15) is 0 Å². The summed E-state index contributed by atoms with van der Waals surface area (Å²) in [5.74, 6) is -1.76. The summed E-state index contributed by atoms with van der Waals surface area (Å²) in [6, 6.07) is 5.57. The van der Waals surface area contributed by atoms with E-state index in [-0.39, 0.29) is 30.9 Å². The van der Waals surface area contributed by atoms with E-state index in [9.17, 15) is 19.5 Å². The second-order valence-corrected chi connectivity index (χ2v) is 10.7. The summed E-state index contributed by atoms with van der Waals surface area (Å²) < 4.78 is 12.1. The van der Waals surface area contributed by atoms with Gasteiger partial charge in [0.2, 0.25) is 11.8 Å². The van der Waals surface area contributed by atoms with Crippen LogP contribution >= 0.6 is 0 Å². The van der Waals surface area contributed by atoms with Crippen molar-refractivity contribution in [2.45, 2.75) is 56.9 Å². The first-order valence-electron chi connectivity index (χ1n) is 13.5. The Morgan fingerprint density at radius 2 is 1.74 bits per heavy atom. The molecule has 0 aliphatic carbocycles. The molecule has 9 heteroatoms. The Hall–Kier alpha value is -3.17. The Balaban J connectivity index is 1.64. The molecule has 6 atom stereocenters. The summed E-state index contributed by atoms with van der Waals surface area (Å²) in [5, 5.41) is 10.3. The number of methoxy groups -OCH3 is 1. The number of aliphatic hydroxyl groups is 1. The van der Waals surface area contributed by atoms with Crippen LogP contribution in [0.1, 0.15) is 33.6 Å². The van der Waals surface area contributed by atoms with Gasteiger partial charge in [0, 0.05) is 25.3 Å². The van der Waals surface area contributed by atoms with Gasteiger partial charge in [0.25, 0.3) is 5.91 Å². The minimum Gasteiger partial charge on any atom is -0.497 e. The van der Waals surface area contributed by atoms with E-state index >= 15 is 0 Å². The number of carbonyl (C=O) groups excluding carboxylic acids is 3. The van der Waals surface area contributed by atoms with Gasteiger partial charge in [-0.3, -0.25) is 14.4 Å². The Morgan fingerprint density at radius 1 is 1.03 bits per heavy atom. The number of aliphatic hydroxyl groups excluding tert-OH is 1. The van der Waals surface area contributed by atoms with Crippen molar-refractivity contribution in [1.82, 2.24) is 9.80 Å². The molecule has 0 aromatic heterocycles. The lowest BCUT2D eigenvalue weighted by atomic mass is 9.74. The topological polar surface area (TPSA) is 99.6 Å². The van der Waals surface area contributed by atoms with Crippen molar-refractivity contribution < 1.29 is 29.0 Å². The van der Waals surface area contributed by atoms with E-state index in [1.807, 2.05) is 45.1 Å². The van der Waals surface area contributed by atoms with Crippen molar-refractivity contribution in [3.8, 4) is 5.75 Å². The molecule has 1 N–H and O–H groups in total. The minimum absolute atomic E-state index is 0.135. The molecule has 1 aromatic rings. The average molecular weight is 524 g/mol. The SMILES string of the molecule is CCCN1CC=C[C@@]2(C)O[C@]34C=CCN(c5ccc(OC)cc5)C(=O)C3N([C@@H](CC)CO)C(=O)[C@@H]4[C@H]2C1=O. The Morgan fingerprint density at radius 3 is 2.37 bits per heavy atom. The van der Waals surface area contributed by atoms with Crippen LogP contribution in [0.2, 0.25) is 0 Å². The molecule has 4 aliphatic rings. The van der Waals surface area contributed by atoms with Gasteiger partial charge in [-0.15, -0.1) is 0 Å². The highest BCUT2D eigenvalue weighted by Gasteiger charge is 2.75. The van der Waals surface area contributed by atoms with Crippen LogP contribution in [0.5, 0.6) is 5.75 Å². The maximum absolute atomic E-state index is 14.4. The Labute approximate surface area is 223 Å². The number of hydrogen-bond donors (Lipinski definition) is 1. The summed E-state index contributed by atoms with van der Waals surface area (Å²) >= 11 is 0. The number of nitrogens with zero attached hydrogens (tertiary/aromatic N) is 3. The van der Waals surface area contributed by atoms with E-state index in [1.165, 1.54) is 4.90 Å². The third-order valence-corrected chi connectivity index (χ3v) is 8.53. The number of carbonyl (C=O) groups is 3. The monoisotopic (exact) mass is 523 g/mol. The smallest absolute Gasteiger partial charge is 0.253 e. The largest absolute Gasteiger partial charge is 0.497 e. The molecule has 4 aliphatic heterocycles. The van der Waals surface area contributed by atoms with Crippen molar-refractivity contribution in [3.05, 3.63) is 48.6 Å². The minimum atomic E-state index is -1.34. The molecule has 1 unspecified atom stereocenters. The first-order chi connectivity index (χ1) is 18.3. The predicted molar refractivity (Wildman–Crippen MR) is 141 cm³/mol. The summed E-state index contributed by atoms with van der Waals surface area (Å²) in [6.07, 6.45) is 8.76. The highest BCUT2D eigenvalue weighted by molar-refractivity contribution is 6.06. The number of ether oxygens (including phenoxy) is 2. The molecule has 1 aromatic carbocycles. The zero-order valence-electron chi connectivity index (χ0n) is 22.5. The molecule has 4 heterocycles. The van der Waals surface area contributed by atoms with E-state index in [2.05, 4.69) is 0 Å². The molecule has 1 spiro atoms.